The first kappa shape index (κ1) is 19.5. The van der Waals surface area contributed by atoms with Crippen LogP contribution in [0.15, 0.2) is 22.8 Å². The molecule has 0 fully saturated rings. The molecule has 0 aliphatic rings. The molecule has 1 rings (SSSR count). The third kappa shape index (κ3) is 5.88. The second kappa shape index (κ2) is 8.36. The van der Waals surface area contributed by atoms with Crippen LogP contribution < -0.4 is 10.6 Å². The SMILES string of the molecule is CC(C)C(O)C(C)(C)CNC(=O)NCC(c1ccco1)N(C)C. The summed E-state index contributed by atoms with van der Waals surface area (Å²) in [4.78, 5) is 14.0. The molecule has 2 atom stereocenters. The van der Waals surface area contributed by atoms with Gasteiger partial charge in [-0.3, -0.25) is 4.90 Å². The summed E-state index contributed by atoms with van der Waals surface area (Å²) in [6.45, 7) is 8.69. The number of hydrogen-bond donors (Lipinski definition) is 3. The number of furan rings is 1. The lowest BCUT2D eigenvalue weighted by Gasteiger charge is -2.33. The molecule has 6 heteroatoms. The number of rotatable bonds is 8. The number of aliphatic hydroxyl groups excluding tert-OH is 1. The van der Waals surface area contributed by atoms with E-state index in [4.69, 9.17) is 4.42 Å². The van der Waals surface area contributed by atoms with E-state index in [9.17, 15) is 9.90 Å². The van der Waals surface area contributed by atoms with E-state index < -0.39 is 6.10 Å². The molecule has 2 amide bonds. The Labute approximate surface area is 139 Å². The summed E-state index contributed by atoms with van der Waals surface area (Å²) >= 11 is 0. The summed E-state index contributed by atoms with van der Waals surface area (Å²) in [6, 6.07) is 3.46. The lowest BCUT2D eigenvalue weighted by Crippen LogP contribution is -2.47. The van der Waals surface area contributed by atoms with E-state index in [1.807, 2.05) is 58.8 Å². The molecule has 0 saturated carbocycles. The van der Waals surface area contributed by atoms with Crippen molar-refractivity contribution in [2.75, 3.05) is 27.2 Å². The van der Waals surface area contributed by atoms with E-state index in [1.165, 1.54) is 0 Å². The highest BCUT2D eigenvalue weighted by Gasteiger charge is 2.30. The fraction of sp³-hybridized carbons (Fsp3) is 0.706. The minimum Gasteiger partial charge on any atom is -0.468 e. The number of carbonyl (C=O) groups is 1. The Morgan fingerprint density at radius 3 is 2.48 bits per heavy atom. The highest BCUT2D eigenvalue weighted by atomic mass is 16.3. The molecule has 23 heavy (non-hydrogen) atoms. The van der Waals surface area contributed by atoms with Gasteiger partial charge in [-0.1, -0.05) is 27.7 Å². The smallest absolute Gasteiger partial charge is 0.314 e. The molecule has 1 aromatic heterocycles. The zero-order valence-electron chi connectivity index (χ0n) is 15.1. The Balaban J connectivity index is 2.47. The van der Waals surface area contributed by atoms with Crippen LogP contribution in [-0.4, -0.2) is 49.3 Å². The van der Waals surface area contributed by atoms with Crippen LogP contribution >= 0.6 is 0 Å². The van der Waals surface area contributed by atoms with Gasteiger partial charge in [0.2, 0.25) is 0 Å². The second-order valence-corrected chi connectivity index (χ2v) is 7.24. The molecule has 3 N–H and O–H groups in total. The van der Waals surface area contributed by atoms with Gasteiger partial charge in [0.1, 0.15) is 5.76 Å². The molecule has 132 valence electrons. The van der Waals surface area contributed by atoms with Crippen LogP contribution in [0, 0.1) is 11.3 Å². The van der Waals surface area contributed by atoms with Crippen LogP contribution in [-0.2, 0) is 0 Å². The molecule has 0 aliphatic carbocycles. The number of aliphatic hydroxyl groups is 1. The average molecular weight is 325 g/mol. The van der Waals surface area contributed by atoms with Crippen LogP contribution in [0.5, 0.6) is 0 Å². The van der Waals surface area contributed by atoms with Crippen molar-refractivity contribution in [1.29, 1.82) is 0 Å². The maximum absolute atomic E-state index is 12.0. The van der Waals surface area contributed by atoms with Crippen molar-refractivity contribution >= 4 is 6.03 Å². The Bertz CT molecular complexity index is 469. The summed E-state index contributed by atoms with van der Waals surface area (Å²) in [5.74, 6) is 0.956. The first-order valence-corrected chi connectivity index (χ1v) is 8.04. The van der Waals surface area contributed by atoms with Gasteiger partial charge in [-0.2, -0.15) is 0 Å². The van der Waals surface area contributed by atoms with Gasteiger partial charge in [-0.25, -0.2) is 4.79 Å². The molecule has 0 spiro atoms. The Morgan fingerprint density at radius 1 is 1.35 bits per heavy atom. The second-order valence-electron chi connectivity index (χ2n) is 7.24. The van der Waals surface area contributed by atoms with Gasteiger partial charge in [-0.15, -0.1) is 0 Å². The van der Waals surface area contributed by atoms with E-state index in [2.05, 4.69) is 10.6 Å². The minimum atomic E-state index is -0.472. The van der Waals surface area contributed by atoms with Gasteiger partial charge in [0, 0.05) is 18.5 Å². The summed E-state index contributed by atoms with van der Waals surface area (Å²) in [6.07, 6.45) is 1.15. The molecule has 0 bridgehead atoms. The van der Waals surface area contributed by atoms with Crippen molar-refractivity contribution in [2.45, 2.75) is 39.8 Å². The quantitative estimate of drug-likeness (QED) is 0.685. The Kier molecular flexibility index (Phi) is 7.09. The minimum absolute atomic E-state index is 0.0231. The van der Waals surface area contributed by atoms with Gasteiger partial charge in [0.25, 0.3) is 0 Å². The van der Waals surface area contributed by atoms with Crippen molar-refractivity contribution in [3.8, 4) is 0 Å². The number of hydrogen-bond acceptors (Lipinski definition) is 4. The molecular weight excluding hydrogens is 294 g/mol. The Morgan fingerprint density at radius 2 is 2.00 bits per heavy atom. The molecule has 6 nitrogen and oxygen atoms in total. The van der Waals surface area contributed by atoms with Gasteiger partial charge in [-0.05, 0) is 32.1 Å². The zero-order chi connectivity index (χ0) is 17.6. The lowest BCUT2D eigenvalue weighted by atomic mass is 9.81. The first-order valence-electron chi connectivity index (χ1n) is 8.04. The maximum atomic E-state index is 12.0. The van der Waals surface area contributed by atoms with E-state index in [1.54, 1.807) is 6.26 Å². The van der Waals surface area contributed by atoms with E-state index in [0.717, 1.165) is 5.76 Å². The molecule has 0 radical (unpaired) electrons. The molecule has 2 unspecified atom stereocenters. The van der Waals surface area contributed by atoms with Crippen LogP contribution in [0.25, 0.3) is 0 Å². The predicted octanol–water partition coefficient (Wildman–Crippen LogP) is 2.22. The van der Waals surface area contributed by atoms with Gasteiger partial charge in [0.15, 0.2) is 0 Å². The van der Waals surface area contributed by atoms with Crippen molar-refractivity contribution in [1.82, 2.24) is 15.5 Å². The summed E-state index contributed by atoms with van der Waals surface area (Å²) in [5, 5.41) is 15.9. The highest BCUT2D eigenvalue weighted by Crippen LogP contribution is 2.25. The third-order valence-corrected chi connectivity index (χ3v) is 4.09. The van der Waals surface area contributed by atoms with Crippen molar-refractivity contribution in [3.63, 3.8) is 0 Å². The zero-order valence-corrected chi connectivity index (χ0v) is 15.1. The monoisotopic (exact) mass is 325 g/mol. The molecule has 1 aromatic rings. The number of nitrogens with one attached hydrogen (secondary N) is 2. The standard InChI is InChI=1S/C17H31N3O3/c1-12(2)15(21)17(3,4)11-19-16(22)18-10-13(20(5)6)14-8-7-9-23-14/h7-9,12-13,15,21H,10-11H2,1-6H3,(H2,18,19,22). The molecule has 0 saturated heterocycles. The summed E-state index contributed by atoms with van der Waals surface area (Å²) in [5.41, 5.74) is -0.381. The number of likely N-dealkylation sites (N-methyl/N-ethyl adjacent to an activating group) is 1. The summed E-state index contributed by atoms with van der Waals surface area (Å²) < 4.78 is 5.41. The predicted molar refractivity (Wildman–Crippen MR) is 91.2 cm³/mol. The maximum Gasteiger partial charge on any atom is 0.314 e. The fourth-order valence-corrected chi connectivity index (χ4v) is 2.59. The van der Waals surface area contributed by atoms with E-state index >= 15 is 0 Å². The average Bonchev–Trinajstić information content (AvgIpc) is 2.98. The van der Waals surface area contributed by atoms with Crippen LogP contribution in [0.4, 0.5) is 4.79 Å². The topological polar surface area (TPSA) is 77.7 Å². The molecule has 0 aliphatic heterocycles. The Hall–Kier alpha value is -1.53. The number of amides is 2. The molecule has 1 heterocycles. The van der Waals surface area contributed by atoms with Crippen LogP contribution in [0.3, 0.4) is 0 Å². The number of carbonyl (C=O) groups excluding carboxylic acids is 1. The van der Waals surface area contributed by atoms with E-state index in [-0.39, 0.29) is 23.4 Å². The van der Waals surface area contributed by atoms with Gasteiger partial charge in [0.05, 0.1) is 18.4 Å². The number of nitrogens with zero attached hydrogens (tertiary/aromatic N) is 1. The summed E-state index contributed by atoms with van der Waals surface area (Å²) in [7, 11) is 3.88. The lowest BCUT2D eigenvalue weighted by molar-refractivity contribution is 0.0151. The van der Waals surface area contributed by atoms with E-state index in [0.29, 0.717) is 13.1 Å². The normalized spacial score (nSPS) is 14.8. The van der Waals surface area contributed by atoms with Crippen molar-refractivity contribution in [3.05, 3.63) is 24.2 Å². The first-order chi connectivity index (χ1) is 10.6. The fourth-order valence-electron chi connectivity index (χ4n) is 2.59. The van der Waals surface area contributed by atoms with Crippen LogP contribution in [0.1, 0.15) is 39.5 Å². The molecule has 0 aromatic carbocycles. The van der Waals surface area contributed by atoms with Crippen molar-refractivity contribution in [2.24, 2.45) is 11.3 Å². The molecular formula is C17H31N3O3. The number of urea groups is 1. The van der Waals surface area contributed by atoms with Gasteiger partial charge >= 0.3 is 6.03 Å². The highest BCUT2D eigenvalue weighted by molar-refractivity contribution is 5.73. The third-order valence-electron chi connectivity index (χ3n) is 4.09. The van der Waals surface area contributed by atoms with Crippen molar-refractivity contribution < 1.29 is 14.3 Å². The van der Waals surface area contributed by atoms with Crippen LogP contribution in [0.2, 0.25) is 0 Å². The largest absolute Gasteiger partial charge is 0.468 e. The van der Waals surface area contributed by atoms with Gasteiger partial charge < -0.3 is 20.2 Å².